The lowest BCUT2D eigenvalue weighted by atomic mass is 10.1. The van der Waals surface area contributed by atoms with E-state index in [4.69, 9.17) is 4.74 Å². The Morgan fingerprint density at radius 1 is 1.44 bits per heavy atom. The molecule has 1 unspecified atom stereocenters. The number of carbonyl (C=O) groups excluding carboxylic acids is 1. The highest BCUT2D eigenvalue weighted by atomic mass is 32.2. The van der Waals surface area contributed by atoms with Crippen molar-refractivity contribution in [2.45, 2.75) is 44.3 Å². The maximum Gasteiger partial charge on any atom is 0.313 e. The maximum atomic E-state index is 11.8. The van der Waals surface area contributed by atoms with E-state index in [0.29, 0.717) is 0 Å². The molecule has 0 bridgehead atoms. The van der Waals surface area contributed by atoms with Crippen molar-refractivity contribution in [3.05, 3.63) is 0 Å². The second-order valence-corrected chi connectivity index (χ2v) is 7.16. The Morgan fingerprint density at radius 2 is 2.22 bits per heavy atom. The molecule has 0 radical (unpaired) electrons. The van der Waals surface area contributed by atoms with Crippen molar-refractivity contribution in [3.63, 3.8) is 0 Å². The Bertz CT molecular complexity index is 292. The minimum atomic E-state index is -0.152. The number of carbonyl (C=O) groups is 1. The van der Waals surface area contributed by atoms with Gasteiger partial charge in [0, 0.05) is 18.3 Å². The summed E-state index contributed by atoms with van der Waals surface area (Å²) in [7, 11) is 1.51. The van der Waals surface area contributed by atoms with Crippen LogP contribution in [0.2, 0.25) is 0 Å². The van der Waals surface area contributed by atoms with Crippen molar-refractivity contribution in [2.24, 2.45) is 5.41 Å². The van der Waals surface area contributed by atoms with Gasteiger partial charge >= 0.3 is 5.97 Å². The van der Waals surface area contributed by atoms with Gasteiger partial charge in [-0.05, 0) is 38.0 Å². The second kappa shape index (κ2) is 6.29. The molecule has 1 heterocycles. The van der Waals surface area contributed by atoms with Crippen LogP contribution >= 0.6 is 11.8 Å². The van der Waals surface area contributed by atoms with Crippen LogP contribution in [0, 0.1) is 5.41 Å². The molecule has 1 atom stereocenters. The normalized spacial score (nSPS) is 27.6. The van der Waals surface area contributed by atoms with Gasteiger partial charge in [0.05, 0.1) is 12.5 Å². The van der Waals surface area contributed by atoms with Gasteiger partial charge in [-0.15, -0.1) is 0 Å². The number of esters is 1. The molecular formula is C14H25NO2S. The topological polar surface area (TPSA) is 29.5 Å². The van der Waals surface area contributed by atoms with Crippen LogP contribution in [-0.2, 0) is 9.53 Å². The van der Waals surface area contributed by atoms with Crippen molar-refractivity contribution < 1.29 is 9.53 Å². The SMILES string of the molecule is CCSC1CCCCN(CC2(C(=O)OC)CC2)C1. The molecule has 18 heavy (non-hydrogen) atoms. The minimum Gasteiger partial charge on any atom is -0.469 e. The number of ether oxygens (including phenoxy) is 1. The van der Waals surface area contributed by atoms with E-state index in [1.165, 1.54) is 32.1 Å². The smallest absolute Gasteiger partial charge is 0.313 e. The summed E-state index contributed by atoms with van der Waals surface area (Å²) in [5.74, 6) is 1.20. The molecule has 0 aromatic heterocycles. The zero-order chi connectivity index (χ0) is 13.0. The van der Waals surface area contributed by atoms with Crippen LogP contribution in [0.15, 0.2) is 0 Å². The molecule has 1 aliphatic carbocycles. The van der Waals surface area contributed by atoms with E-state index in [1.807, 2.05) is 0 Å². The third-order valence-electron chi connectivity index (χ3n) is 4.11. The average Bonchev–Trinajstić information content (AvgIpc) is 3.16. The highest BCUT2D eigenvalue weighted by Gasteiger charge is 2.52. The molecule has 2 rings (SSSR count). The molecule has 104 valence electrons. The van der Waals surface area contributed by atoms with E-state index in [1.54, 1.807) is 0 Å². The van der Waals surface area contributed by atoms with Crippen molar-refractivity contribution in [2.75, 3.05) is 32.5 Å². The fraction of sp³-hybridized carbons (Fsp3) is 0.929. The van der Waals surface area contributed by atoms with Gasteiger partial charge in [0.1, 0.15) is 0 Å². The molecule has 4 heteroatoms. The molecule has 0 aromatic rings. The average molecular weight is 271 g/mol. The Kier molecular flexibility index (Phi) is 4.96. The standard InChI is InChI=1S/C14H25NO2S/c1-3-18-12-6-4-5-9-15(10-12)11-14(7-8-14)13(16)17-2/h12H,3-11H2,1-2H3. The lowest BCUT2D eigenvalue weighted by Crippen LogP contribution is -2.38. The Hall–Kier alpha value is -0.220. The van der Waals surface area contributed by atoms with Crippen LogP contribution in [0.4, 0.5) is 0 Å². The number of likely N-dealkylation sites (tertiary alicyclic amines) is 1. The van der Waals surface area contributed by atoms with E-state index in [2.05, 4.69) is 23.6 Å². The molecule has 2 fully saturated rings. The first-order chi connectivity index (χ1) is 8.70. The summed E-state index contributed by atoms with van der Waals surface area (Å²) >= 11 is 2.07. The van der Waals surface area contributed by atoms with Gasteiger partial charge < -0.3 is 9.64 Å². The molecule has 3 nitrogen and oxygen atoms in total. The molecule has 0 N–H and O–H groups in total. The first kappa shape index (κ1) is 14.2. The van der Waals surface area contributed by atoms with E-state index in [9.17, 15) is 4.79 Å². The zero-order valence-electron chi connectivity index (χ0n) is 11.6. The zero-order valence-corrected chi connectivity index (χ0v) is 12.4. The van der Waals surface area contributed by atoms with E-state index < -0.39 is 0 Å². The van der Waals surface area contributed by atoms with Gasteiger partial charge in [0.25, 0.3) is 0 Å². The first-order valence-electron chi connectivity index (χ1n) is 7.12. The fourth-order valence-electron chi connectivity index (χ4n) is 2.92. The van der Waals surface area contributed by atoms with Crippen LogP contribution in [0.5, 0.6) is 0 Å². The minimum absolute atomic E-state index is 0.00596. The van der Waals surface area contributed by atoms with Crippen LogP contribution in [-0.4, -0.2) is 48.6 Å². The molecule has 1 aliphatic heterocycles. The number of methoxy groups -OCH3 is 1. The summed E-state index contributed by atoms with van der Waals surface area (Å²) < 4.78 is 4.95. The Labute approximate surface area is 115 Å². The van der Waals surface area contributed by atoms with Crippen LogP contribution < -0.4 is 0 Å². The van der Waals surface area contributed by atoms with Gasteiger partial charge in [-0.25, -0.2) is 0 Å². The Balaban J connectivity index is 1.89. The highest BCUT2D eigenvalue weighted by Crippen LogP contribution is 2.47. The third kappa shape index (κ3) is 3.41. The van der Waals surface area contributed by atoms with Gasteiger partial charge in [-0.3, -0.25) is 4.79 Å². The predicted molar refractivity (Wildman–Crippen MR) is 75.9 cm³/mol. The summed E-state index contributed by atoms with van der Waals surface area (Å²) in [5.41, 5.74) is -0.152. The van der Waals surface area contributed by atoms with Gasteiger partial charge in [-0.2, -0.15) is 11.8 Å². The van der Waals surface area contributed by atoms with E-state index in [0.717, 1.165) is 37.7 Å². The molecular weight excluding hydrogens is 246 g/mol. The van der Waals surface area contributed by atoms with Crippen LogP contribution in [0.25, 0.3) is 0 Å². The molecule has 0 amide bonds. The van der Waals surface area contributed by atoms with Gasteiger partial charge in [0.15, 0.2) is 0 Å². The second-order valence-electron chi connectivity index (χ2n) is 5.58. The summed E-state index contributed by atoms with van der Waals surface area (Å²) in [5, 5.41) is 0.756. The molecule has 0 aromatic carbocycles. The molecule has 0 spiro atoms. The quantitative estimate of drug-likeness (QED) is 0.719. The number of hydrogen-bond donors (Lipinski definition) is 0. The largest absolute Gasteiger partial charge is 0.469 e. The monoisotopic (exact) mass is 271 g/mol. The van der Waals surface area contributed by atoms with Crippen LogP contribution in [0.1, 0.15) is 39.0 Å². The number of thioether (sulfide) groups is 1. The molecule has 1 saturated heterocycles. The van der Waals surface area contributed by atoms with Crippen molar-refractivity contribution >= 4 is 17.7 Å². The lowest BCUT2D eigenvalue weighted by Gasteiger charge is -2.27. The van der Waals surface area contributed by atoms with Gasteiger partial charge in [-0.1, -0.05) is 13.3 Å². The summed E-state index contributed by atoms with van der Waals surface area (Å²) in [6.45, 7) is 5.45. The molecule has 1 saturated carbocycles. The maximum absolute atomic E-state index is 11.8. The highest BCUT2D eigenvalue weighted by molar-refractivity contribution is 7.99. The van der Waals surface area contributed by atoms with Gasteiger partial charge in [0.2, 0.25) is 0 Å². The van der Waals surface area contributed by atoms with E-state index >= 15 is 0 Å². The summed E-state index contributed by atoms with van der Waals surface area (Å²) in [6, 6.07) is 0. The summed E-state index contributed by atoms with van der Waals surface area (Å²) in [4.78, 5) is 14.3. The van der Waals surface area contributed by atoms with Crippen molar-refractivity contribution in [1.29, 1.82) is 0 Å². The number of hydrogen-bond acceptors (Lipinski definition) is 4. The third-order valence-corrected chi connectivity index (χ3v) is 5.30. The predicted octanol–water partition coefficient (Wildman–Crippen LogP) is 2.55. The Morgan fingerprint density at radius 3 is 2.83 bits per heavy atom. The summed E-state index contributed by atoms with van der Waals surface area (Å²) in [6.07, 6.45) is 5.97. The number of rotatable bonds is 5. The lowest BCUT2D eigenvalue weighted by molar-refractivity contribution is -0.147. The van der Waals surface area contributed by atoms with Crippen molar-refractivity contribution in [3.8, 4) is 0 Å². The fourth-order valence-corrected chi connectivity index (χ4v) is 4.04. The van der Waals surface area contributed by atoms with Crippen molar-refractivity contribution in [1.82, 2.24) is 4.90 Å². The van der Waals surface area contributed by atoms with Crippen LogP contribution in [0.3, 0.4) is 0 Å². The number of nitrogens with zero attached hydrogens (tertiary/aromatic N) is 1. The molecule has 2 aliphatic rings. The first-order valence-corrected chi connectivity index (χ1v) is 8.17. The van der Waals surface area contributed by atoms with E-state index in [-0.39, 0.29) is 11.4 Å².